The van der Waals surface area contributed by atoms with Crippen LogP contribution in [0.4, 0.5) is 11.4 Å². The largest absolute Gasteiger partial charge is 0.481 e. The topological polar surface area (TPSA) is 210 Å². The van der Waals surface area contributed by atoms with Crippen LogP contribution in [0.2, 0.25) is 10.0 Å². The molecule has 0 bridgehead atoms. The van der Waals surface area contributed by atoms with Gasteiger partial charge in [-0.05, 0) is 134 Å². The number of nitrogens with zero attached hydrogens (tertiary/aromatic N) is 6. The molecule has 0 spiro atoms. The summed E-state index contributed by atoms with van der Waals surface area (Å²) in [6, 6.07) is 19.2. The molecule has 4 heterocycles. The van der Waals surface area contributed by atoms with Gasteiger partial charge in [0.05, 0.1) is 41.8 Å². The van der Waals surface area contributed by atoms with Crippen molar-refractivity contribution >= 4 is 46.5 Å². The molecule has 18 heteroatoms. The summed E-state index contributed by atoms with van der Waals surface area (Å²) in [4.78, 5) is 40.4. The second-order valence-electron chi connectivity index (χ2n) is 16.1. The number of hydrogen-bond acceptors (Lipinski definition) is 15. The molecule has 4 atom stereocenters. The standard InChI is InChI=1S/C24H27ClN4O4.C22H23ClN4O4/c1-4-31-24(30)16-7-10-19(11-16)27-18-8-5-15(6-9-18)21-28-22(33-29-21)17-12-20(25)23(26-13-17)32-14(2)3;1-12(2)30-21-18(23)10-15(11-24-21)20-26-19(27-31-20)13-3-6-16(7-4-13)25-17-8-5-14(9-17)22(28)29/h5-6,8-9,12-14,16,19,27H,4,7,10-11H2,1-3H3;3-4,6-7,10-12,14,17,25H,5,8-9H2,1-2H3,(H,28,29)/t16-,19+;14-,17+/m00/s1. The molecule has 2 saturated carbocycles. The molecule has 0 radical (unpaired) electrons. The molecule has 0 saturated heterocycles. The van der Waals surface area contributed by atoms with E-state index in [1.165, 1.54) is 0 Å². The Balaban J connectivity index is 0.000000192. The van der Waals surface area contributed by atoms with Gasteiger partial charge in [0.1, 0.15) is 10.0 Å². The number of halogens is 2. The number of carboxylic acid groups (broad SMARTS) is 1. The van der Waals surface area contributed by atoms with Crippen molar-refractivity contribution in [3.8, 4) is 57.4 Å². The first kappa shape index (κ1) is 45.8. The summed E-state index contributed by atoms with van der Waals surface area (Å²) in [5.41, 5.74) is 4.76. The third-order valence-corrected chi connectivity index (χ3v) is 11.1. The van der Waals surface area contributed by atoms with E-state index in [-0.39, 0.29) is 42.1 Å². The number of hydrogen-bond donors (Lipinski definition) is 3. The highest BCUT2D eigenvalue weighted by Gasteiger charge is 2.31. The van der Waals surface area contributed by atoms with Gasteiger partial charge in [0.2, 0.25) is 23.4 Å². The van der Waals surface area contributed by atoms with Crippen LogP contribution in [0.15, 0.2) is 82.1 Å². The molecule has 2 aromatic carbocycles. The summed E-state index contributed by atoms with van der Waals surface area (Å²) in [6.45, 7) is 9.88. The molecule has 2 aliphatic carbocycles. The summed E-state index contributed by atoms with van der Waals surface area (Å²) in [5, 5.41) is 24.9. The van der Waals surface area contributed by atoms with Crippen LogP contribution >= 0.6 is 23.2 Å². The van der Waals surface area contributed by atoms with Gasteiger partial charge in [0, 0.05) is 47.0 Å². The van der Waals surface area contributed by atoms with E-state index in [0.29, 0.717) is 75.8 Å². The van der Waals surface area contributed by atoms with Crippen molar-refractivity contribution in [1.82, 2.24) is 30.2 Å². The van der Waals surface area contributed by atoms with E-state index in [1.54, 1.807) is 24.5 Å². The molecule has 2 aliphatic rings. The lowest BCUT2D eigenvalue weighted by Crippen LogP contribution is -2.19. The van der Waals surface area contributed by atoms with Gasteiger partial charge < -0.3 is 39.0 Å². The second-order valence-corrected chi connectivity index (χ2v) is 17.0. The normalized spacial score (nSPS) is 18.1. The Hall–Kier alpha value is -6.26. The molecule has 16 nitrogen and oxygen atoms in total. The third kappa shape index (κ3) is 11.8. The van der Waals surface area contributed by atoms with Crippen molar-refractivity contribution in [3.05, 3.63) is 83.1 Å². The highest BCUT2D eigenvalue weighted by Crippen LogP contribution is 2.33. The summed E-state index contributed by atoms with van der Waals surface area (Å²) in [5.74, 6) is 1.20. The minimum Gasteiger partial charge on any atom is -0.481 e. The fourth-order valence-corrected chi connectivity index (χ4v) is 7.87. The van der Waals surface area contributed by atoms with Gasteiger partial charge in [0.25, 0.3) is 11.8 Å². The fraction of sp³-hybridized carbons (Fsp3) is 0.391. The maximum absolute atomic E-state index is 11.9. The van der Waals surface area contributed by atoms with Crippen molar-refractivity contribution in [3.63, 3.8) is 0 Å². The van der Waals surface area contributed by atoms with Gasteiger partial charge in [-0.1, -0.05) is 33.5 Å². The predicted octanol–water partition coefficient (Wildman–Crippen LogP) is 10.3. The van der Waals surface area contributed by atoms with E-state index in [4.69, 9.17) is 51.6 Å². The van der Waals surface area contributed by atoms with Crippen molar-refractivity contribution in [1.29, 1.82) is 0 Å². The van der Waals surface area contributed by atoms with Crippen LogP contribution in [0, 0.1) is 11.8 Å². The average molecular weight is 914 g/mol. The molecule has 8 rings (SSSR count). The van der Waals surface area contributed by atoms with Crippen LogP contribution in [-0.2, 0) is 14.3 Å². The quantitative estimate of drug-likeness (QED) is 0.0818. The number of carbonyl (C=O) groups excluding carboxylic acids is 1. The molecule has 0 amide bonds. The number of ether oxygens (including phenoxy) is 3. The van der Waals surface area contributed by atoms with E-state index >= 15 is 0 Å². The Morgan fingerprint density at radius 2 is 1.12 bits per heavy atom. The first-order valence-corrected chi connectivity index (χ1v) is 22.0. The molecule has 3 N–H and O–H groups in total. The molecular weight excluding hydrogens is 863 g/mol. The number of esters is 1. The number of rotatable bonds is 15. The van der Waals surface area contributed by atoms with Gasteiger partial charge >= 0.3 is 11.9 Å². The number of aliphatic carboxylic acids is 1. The van der Waals surface area contributed by atoms with E-state index in [9.17, 15) is 9.59 Å². The zero-order chi connectivity index (χ0) is 45.3. The molecule has 0 aliphatic heterocycles. The molecule has 64 heavy (non-hydrogen) atoms. The minimum absolute atomic E-state index is 0.0199. The smallest absolute Gasteiger partial charge is 0.308 e. The SMILES string of the molecule is CC(C)Oc1ncc(-c2nc(-c3ccc(N[C@@H]4CC[C@H](C(=O)O)C4)cc3)no2)cc1Cl.CCOC(=O)[C@H]1CC[C@@H](Nc2ccc(-c3noc(-c4cnc(OC(C)C)c(Cl)c4)n3)cc2)C1. The van der Waals surface area contributed by atoms with Crippen LogP contribution in [0.5, 0.6) is 11.8 Å². The summed E-state index contributed by atoms with van der Waals surface area (Å²) in [6.07, 6.45) is 7.90. The first-order valence-electron chi connectivity index (χ1n) is 21.3. The molecule has 336 valence electrons. The highest BCUT2D eigenvalue weighted by atomic mass is 35.5. The number of pyridine rings is 2. The lowest BCUT2D eigenvalue weighted by Gasteiger charge is -2.14. The van der Waals surface area contributed by atoms with Gasteiger partial charge in [0.15, 0.2) is 0 Å². The number of nitrogens with one attached hydrogen (secondary N) is 2. The first-order chi connectivity index (χ1) is 30.8. The zero-order valence-corrected chi connectivity index (χ0v) is 37.6. The maximum atomic E-state index is 11.9. The second kappa shape index (κ2) is 20.9. The monoisotopic (exact) mass is 912 g/mol. The number of carbonyl (C=O) groups is 2. The average Bonchev–Trinajstić information content (AvgIpc) is 4.12. The Bertz CT molecular complexity index is 2510. The molecule has 4 aromatic heterocycles. The predicted molar refractivity (Wildman–Crippen MR) is 241 cm³/mol. The van der Waals surface area contributed by atoms with Crippen LogP contribution in [0.25, 0.3) is 45.7 Å². The third-order valence-electron chi connectivity index (χ3n) is 10.5. The number of anilines is 2. The van der Waals surface area contributed by atoms with Crippen LogP contribution in [0.1, 0.15) is 73.1 Å². The fourth-order valence-electron chi connectivity index (χ4n) is 7.45. The molecule has 6 aromatic rings. The van der Waals surface area contributed by atoms with Crippen molar-refractivity contribution < 1.29 is 38.0 Å². The number of carboxylic acids is 1. The summed E-state index contributed by atoms with van der Waals surface area (Å²) >= 11 is 12.5. The zero-order valence-electron chi connectivity index (χ0n) is 36.1. The van der Waals surface area contributed by atoms with E-state index in [1.807, 2.05) is 83.1 Å². The maximum Gasteiger partial charge on any atom is 0.308 e. The Morgan fingerprint density at radius 3 is 1.52 bits per heavy atom. The summed E-state index contributed by atoms with van der Waals surface area (Å²) in [7, 11) is 0. The van der Waals surface area contributed by atoms with Gasteiger partial charge in [-0.3, -0.25) is 9.59 Å². The van der Waals surface area contributed by atoms with Crippen LogP contribution in [0.3, 0.4) is 0 Å². The lowest BCUT2D eigenvalue weighted by atomic mass is 10.1. The van der Waals surface area contributed by atoms with E-state index in [0.717, 1.165) is 48.2 Å². The minimum atomic E-state index is -0.717. The lowest BCUT2D eigenvalue weighted by molar-refractivity contribution is -0.147. The van der Waals surface area contributed by atoms with E-state index < -0.39 is 5.97 Å². The van der Waals surface area contributed by atoms with Crippen LogP contribution in [-0.4, -0.2) is 78.2 Å². The summed E-state index contributed by atoms with van der Waals surface area (Å²) < 4.78 is 27.0. The van der Waals surface area contributed by atoms with Crippen molar-refractivity contribution in [2.24, 2.45) is 11.8 Å². The van der Waals surface area contributed by atoms with Gasteiger partial charge in [-0.15, -0.1) is 0 Å². The van der Waals surface area contributed by atoms with Crippen molar-refractivity contribution in [2.75, 3.05) is 17.2 Å². The molecular formula is C46H50Cl2N8O8. The number of benzene rings is 2. The Labute approximate surface area is 380 Å². The van der Waals surface area contributed by atoms with E-state index in [2.05, 4.69) is 40.9 Å². The van der Waals surface area contributed by atoms with Crippen molar-refractivity contribution in [2.45, 2.75) is 97.4 Å². The molecule has 0 unspecified atom stereocenters. The Kier molecular flexibility index (Phi) is 15.0. The number of aromatic nitrogens is 6. The molecule has 2 fully saturated rings. The van der Waals surface area contributed by atoms with Gasteiger partial charge in [-0.2, -0.15) is 9.97 Å². The van der Waals surface area contributed by atoms with Crippen LogP contribution < -0.4 is 20.1 Å². The Morgan fingerprint density at radius 1 is 0.688 bits per heavy atom. The highest BCUT2D eigenvalue weighted by molar-refractivity contribution is 6.32. The van der Waals surface area contributed by atoms with Gasteiger partial charge in [-0.25, -0.2) is 9.97 Å².